The molecule has 1 saturated carbocycles. The van der Waals surface area contributed by atoms with Gasteiger partial charge in [0.05, 0.1) is 4.92 Å². The molecule has 0 bridgehead atoms. The third kappa shape index (κ3) is 2.89. The number of aryl methyl sites for hydroxylation is 1. The number of rotatable bonds is 4. The minimum absolute atomic E-state index is 0.0647. The molecule has 1 aromatic carbocycles. The van der Waals surface area contributed by atoms with E-state index >= 15 is 0 Å². The summed E-state index contributed by atoms with van der Waals surface area (Å²) in [5, 5.41) is 20.8. The van der Waals surface area contributed by atoms with Crippen LogP contribution in [0.3, 0.4) is 0 Å². The first kappa shape index (κ1) is 17.1. The van der Waals surface area contributed by atoms with Gasteiger partial charge in [-0.25, -0.2) is 4.98 Å². The zero-order valence-corrected chi connectivity index (χ0v) is 15.8. The number of para-hydroxylation sites is 1. The van der Waals surface area contributed by atoms with Gasteiger partial charge in [0, 0.05) is 47.9 Å². The number of nitro groups is 1. The highest BCUT2D eigenvalue weighted by Gasteiger charge is 2.31. The Labute approximate surface area is 162 Å². The van der Waals surface area contributed by atoms with Gasteiger partial charge in [-0.15, -0.1) is 10.2 Å². The summed E-state index contributed by atoms with van der Waals surface area (Å²) in [7, 11) is 0. The maximum atomic E-state index is 11.4. The normalized spacial score (nSPS) is 18.0. The molecule has 0 amide bonds. The molecule has 28 heavy (non-hydrogen) atoms. The Balaban J connectivity index is 1.43. The molecule has 8 nitrogen and oxygen atoms in total. The van der Waals surface area contributed by atoms with Crippen LogP contribution in [-0.4, -0.2) is 37.8 Å². The smallest absolute Gasteiger partial charge is 0.295 e. The quantitative estimate of drug-likeness (QED) is 0.507. The van der Waals surface area contributed by atoms with E-state index in [-0.39, 0.29) is 10.6 Å². The maximum Gasteiger partial charge on any atom is 0.295 e. The lowest BCUT2D eigenvalue weighted by atomic mass is 9.95. The van der Waals surface area contributed by atoms with Gasteiger partial charge in [0.25, 0.3) is 5.69 Å². The van der Waals surface area contributed by atoms with Gasteiger partial charge in [-0.2, -0.15) is 0 Å². The number of hydrogen-bond donors (Lipinski definition) is 0. The molecule has 0 atom stereocenters. The minimum atomic E-state index is -0.352. The van der Waals surface area contributed by atoms with Crippen LogP contribution in [0.4, 0.5) is 11.4 Å². The Morgan fingerprint density at radius 2 is 1.96 bits per heavy atom. The van der Waals surface area contributed by atoms with E-state index in [1.54, 1.807) is 6.07 Å². The van der Waals surface area contributed by atoms with Crippen LogP contribution in [0.25, 0.3) is 10.9 Å². The summed E-state index contributed by atoms with van der Waals surface area (Å²) in [5.41, 5.74) is 2.37. The van der Waals surface area contributed by atoms with Gasteiger partial charge in [-0.1, -0.05) is 12.1 Å². The highest BCUT2D eigenvalue weighted by atomic mass is 16.6. The summed E-state index contributed by atoms with van der Waals surface area (Å²) in [6, 6.07) is 7.83. The molecule has 2 aromatic heterocycles. The standard InChI is InChI=1S/C20H22N6O2/c1-13-11-18(16-3-2-4-17(26(27)28)19(16)22-13)24-9-7-14(8-10-24)20-23-21-12-25(20)15-5-6-15/h2-4,11-12,14-15H,5-10H2,1H3. The Morgan fingerprint density at radius 3 is 2.68 bits per heavy atom. The first-order valence-electron chi connectivity index (χ1n) is 9.81. The predicted octanol–water partition coefficient (Wildman–Crippen LogP) is 3.76. The van der Waals surface area contributed by atoms with Gasteiger partial charge < -0.3 is 9.47 Å². The fourth-order valence-electron chi connectivity index (χ4n) is 4.31. The maximum absolute atomic E-state index is 11.4. The molecule has 3 heterocycles. The summed E-state index contributed by atoms with van der Waals surface area (Å²) < 4.78 is 2.26. The fourth-order valence-corrected chi connectivity index (χ4v) is 4.31. The molecule has 0 unspecified atom stereocenters. The van der Waals surface area contributed by atoms with Crippen molar-refractivity contribution in [1.82, 2.24) is 19.7 Å². The Bertz CT molecular complexity index is 1050. The van der Waals surface area contributed by atoms with E-state index in [4.69, 9.17) is 0 Å². The van der Waals surface area contributed by atoms with Crippen LogP contribution >= 0.6 is 0 Å². The second-order valence-corrected chi connectivity index (χ2v) is 7.80. The summed E-state index contributed by atoms with van der Waals surface area (Å²) in [6.45, 7) is 3.68. The molecule has 5 rings (SSSR count). The molecule has 2 fully saturated rings. The molecule has 2 aliphatic rings. The van der Waals surface area contributed by atoms with E-state index in [2.05, 4.69) is 24.6 Å². The van der Waals surface area contributed by atoms with Gasteiger partial charge in [0.15, 0.2) is 5.52 Å². The SMILES string of the molecule is Cc1cc(N2CCC(c3nncn3C3CC3)CC2)c2cccc([N+](=O)[O-])c2n1. The molecular formula is C20H22N6O2. The van der Waals surface area contributed by atoms with Crippen molar-refractivity contribution < 1.29 is 4.92 Å². The van der Waals surface area contributed by atoms with Crippen LogP contribution in [0.2, 0.25) is 0 Å². The van der Waals surface area contributed by atoms with E-state index in [0.717, 1.165) is 48.5 Å². The zero-order chi connectivity index (χ0) is 19.3. The number of aromatic nitrogens is 4. The van der Waals surface area contributed by atoms with Crippen LogP contribution in [0.15, 0.2) is 30.6 Å². The van der Waals surface area contributed by atoms with Crippen molar-refractivity contribution in [2.24, 2.45) is 0 Å². The highest BCUT2D eigenvalue weighted by Crippen LogP contribution is 2.39. The summed E-state index contributed by atoms with van der Waals surface area (Å²) in [6.07, 6.45) is 6.33. The van der Waals surface area contributed by atoms with E-state index < -0.39 is 0 Å². The number of non-ortho nitro benzene ring substituents is 1. The monoisotopic (exact) mass is 378 g/mol. The summed E-state index contributed by atoms with van der Waals surface area (Å²) in [4.78, 5) is 17.8. The minimum Gasteiger partial charge on any atom is -0.371 e. The molecule has 0 spiro atoms. The number of nitrogens with zero attached hydrogens (tertiary/aromatic N) is 6. The summed E-state index contributed by atoms with van der Waals surface area (Å²) in [5.74, 6) is 1.54. The number of piperidine rings is 1. The Morgan fingerprint density at radius 1 is 1.18 bits per heavy atom. The van der Waals surface area contributed by atoms with Crippen LogP contribution in [0.1, 0.15) is 49.2 Å². The molecule has 1 aliphatic heterocycles. The number of anilines is 1. The topological polar surface area (TPSA) is 90.0 Å². The number of nitro benzene ring substituents is 1. The molecule has 8 heteroatoms. The van der Waals surface area contributed by atoms with E-state index in [0.29, 0.717) is 17.5 Å². The third-order valence-corrected chi connectivity index (χ3v) is 5.86. The first-order valence-corrected chi connectivity index (χ1v) is 9.81. The molecule has 3 aromatic rings. The Kier molecular flexibility index (Phi) is 3.99. The van der Waals surface area contributed by atoms with Crippen molar-refractivity contribution in [3.05, 3.63) is 52.2 Å². The van der Waals surface area contributed by atoms with Gasteiger partial charge >= 0.3 is 0 Å². The lowest BCUT2D eigenvalue weighted by Crippen LogP contribution is -2.34. The van der Waals surface area contributed by atoms with E-state index in [1.165, 1.54) is 18.9 Å². The zero-order valence-electron chi connectivity index (χ0n) is 15.8. The lowest BCUT2D eigenvalue weighted by molar-refractivity contribution is -0.383. The second-order valence-electron chi connectivity index (χ2n) is 7.80. The average Bonchev–Trinajstić information content (AvgIpc) is 3.43. The van der Waals surface area contributed by atoms with E-state index in [1.807, 2.05) is 25.4 Å². The predicted molar refractivity (Wildman–Crippen MR) is 106 cm³/mol. The number of hydrogen-bond acceptors (Lipinski definition) is 6. The molecule has 0 N–H and O–H groups in total. The van der Waals surface area contributed by atoms with Crippen molar-refractivity contribution >= 4 is 22.3 Å². The lowest BCUT2D eigenvalue weighted by Gasteiger charge is -2.34. The average molecular weight is 378 g/mol. The van der Waals surface area contributed by atoms with Gasteiger partial charge in [-0.05, 0) is 38.7 Å². The van der Waals surface area contributed by atoms with Crippen LogP contribution in [0, 0.1) is 17.0 Å². The van der Waals surface area contributed by atoms with Crippen LogP contribution in [-0.2, 0) is 0 Å². The van der Waals surface area contributed by atoms with Crippen molar-refractivity contribution in [2.45, 2.75) is 44.6 Å². The number of fused-ring (bicyclic) bond motifs is 1. The summed E-state index contributed by atoms with van der Waals surface area (Å²) >= 11 is 0. The Hall–Kier alpha value is -3.03. The van der Waals surface area contributed by atoms with Crippen molar-refractivity contribution in [3.8, 4) is 0 Å². The molecule has 0 radical (unpaired) electrons. The number of benzene rings is 1. The third-order valence-electron chi connectivity index (χ3n) is 5.86. The van der Waals surface area contributed by atoms with Gasteiger partial charge in [0.1, 0.15) is 12.2 Å². The number of pyridine rings is 1. The fraction of sp³-hybridized carbons (Fsp3) is 0.450. The molecular weight excluding hydrogens is 356 g/mol. The van der Waals surface area contributed by atoms with E-state index in [9.17, 15) is 10.1 Å². The molecule has 144 valence electrons. The first-order chi connectivity index (χ1) is 13.6. The van der Waals surface area contributed by atoms with Crippen molar-refractivity contribution in [3.63, 3.8) is 0 Å². The van der Waals surface area contributed by atoms with Crippen molar-refractivity contribution in [1.29, 1.82) is 0 Å². The van der Waals surface area contributed by atoms with Crippen LogP contribution < -0.4 is 4.90 Å². The largest absolute Gasteiger partial charge is 0.371 e. The van der Waals surface area contributed by atoms with Gasteiger partial charge in [-0.3, -0.25) is 10.1 Å². The van der Waals surface area contributed by atoms with Crippen LogP contribution in [0.5, 0.6) is 0 Å². The molecule has 1 aliphatic carbocycles. The second kappa shape index (κ2) is 6.54. The molecule has 1 saturated heterocycles. The van der Waals surface area contributed by atoms with Gasteiger partial charge in [0.2, 0.25) is 0 Å². The highest BCUT2D eigenvalue weighted by molar-refractivity contribution is 5.97. The van der Waals surface area contributed by atoms with Crippen molar-refractivity contribution in [2.75, 3.05) is 18.0 Å².